The number of nitrogens with zero attached hydrogens (tertiary/aromatic N) is 1. The predicted octanol–water partition coefficient (Wildman–Crippen LogP) is 24.6. The first kappa shape index (κ1) is 84.0. The highest BCUT2D eigenvalue weighted by atomic mass is 31.2. The summed E-state index contributed by atoms with van der Waals surface area (Å²) in [5.41, 5.74) is 0. The number of phosphoric acid groups is 1. The topological polar surface area (TPSA) is 105 Å². The fraction of sp³-hybridized carbons (Fsp3) is 0.934. The van der Waals surface area contributed by atoms with Crippen LogP contribution in [-0.4, -0.2) is 73.4 Å². The van der Waals surface area contributed by atoms with Crippen LogP contribution < -0.4 is 5.32 Å². The molecule has 3 N–H and O–H groups in total. The molecule has 3 atom stereocenters. The van der Waals surface area contributed by atoms with Crippen LogP contribution in [0.2, 0.25) is 0 Å². The Bertz CT molecular complexity index is 1430. The number of quaternary nitrogens is 1. The van der Waals surface area contributed by atoms with E-state index in [-0.39, 0.29) is 19.1 Å². The molecule has 0 aliphatic rings. The highest BCUT2D eigenvalue weighted by Crippen LogP contribution is 2.43. The van der Waals surface area contributed by atoms with Crippen molar-refractivity contribution in [3.05, 3.63) is 24.3 Å². The van der Waals surface area contributed by atoms with Crippen LogP contribution in [0, 0.1) is 0 Å². The molecular formula is C76H152N2O6P+. The quantitative estimate of drug-likeness (QED) is 0.0243. The van der Waals surface area contributed by atoms with Crippen LogP contribution in [0.1, 0.15) is 406 Å². The number of hydrogen-bond donors (Lipinski definition) is 3. The van der Waals surface area contributed by atoms with Crippen molar-refractivity contribution in [1.29, 1.82) is 0 Å². The number of aliphatic hydroxyl groups is 1. The van der Waals surface area contributed by atoms with Crippen LogP contribution in [0.25, 0.3) is 0 Å². The fourth-order valence-corrected chi connectivity index (χ4v) is 12.8. The summed E-state index contributed by atoms with van der Waals surface area (Å²) in [6.45, 7) is 4.95. The van der Waals surface area contributed by atoms with E-state index in [0.29, 0.717) is 23.9 Å². The predicted molar refractivity (Wildman–Crippen MR) is 374 cm³/mol. The molecule has 0 bridgehead atoms. The first-order valence-corrected chi connectivity index (χ1v) is 39.7. The second kappa shape index (κ2) is 67.4. The highest BCUT2D eigenvalue weighted by Gasteiger charge is 2.28. The SMILES string of the molecule is CCCCCCC/C=C\C/C=C\CCCCCCCCCCCCCCCCCCCCCCCC(=O)NC(COP(=O)(O)OCC[N+](C)(C)C)C(O)CCCCCCCCCCCCCCCCCCCCCCCCCCCCCCCC. The highest BCUT2D eigenvalue weighted by molar-refractivity contribution is 7.47. The Morgan fingerprint density at radius 3 is 0.965 bits per heavy atom. The van der Waals surface area contributed by atoms with E-state index in [0.717, 1.165) is 44.9 Å². The normalized spacial score (nSPS) is 13.6. The summed E-state index contributed by atoms with van der Waals surface area (Å²) in [6, 6.07) is -0.760. The van der Waals surface area contributed by atoms with Gasteiger partial charge in [0.1, 0.15) is 13.2 Å². The zero-order valence-electron chi connectivity index (χ0n) is 58.1. The third kappa shape index (κ3) is 70.3. The molecule has 506 valence electrons. The van der Waals surface area contributed by atoms with Crippen LogP contribution in [0.5, 0.6) is 0 Å². The van der Waals surface area contributed by atoms with Gasteiger partial charge in [-0.15, -0.1) is 0 Å². The molecule has 0 aromatic rings. The zero-order chi connectivity index (χ0) is 61.9. The van der Waals surface area contributed by atoms with E-state index in [1.54, 1.807) is 0 Å². The van der Waals surface area contributed by atoms with Crippen LogP contribution in [0.4, 0.5) is 0 Å². The summed E-state index contributed by atoms with van der Waals surface area (Å²) in [6.07, 6.45) is 88.8. The maximum Gasteiger partial charge on any atom is 0.472 e. The molecule has 0 aliphatic heterocycles. The van der Waals surface area contributed by atoms with Crippen LogP contribution in [0.3, 0.4) is 0 Å². The van der Waals surface area contributed by atoms with Crippen molar-refractivity contribution in [3.63, 3.8) is 0 Å². The van der Waals surface area contributed by atoms with E-state index in [4.69, 9.17) is 9.05 Å². The molecule has 9 heteroatoms. The van der Waals surface area contributed by atoms with Gasteiger partial charge in [-0.05, 0) is 44.9 Å². The van der Waals surface area contributed by atoms with Gasteiger partial charge in [0.2, 0.25) is 5.91 Å². The second-order valence-electron chi connectivity index (χ2n) is 27.7. The van der Waals surface area contributed by atoms with Gasteiger partial charge in [-0.2, -0.15) is 0 Å². The number of rotatable bonds is 72. The Hall–Kier alpha value is -1.02. The summed E-state index contributed by atoms with van der Waals surface area (Å²) in [4.78, 5) is 23.5. The van der Waals surface area contributed by atoms with Gasteiger partial charge in [0.05, 0.1) is 39.9 Å². The smallest absolute Gasteiger partial charge is 0.391 e. The molecule has 0 spiro atoms. The molecule has 0 aromatic heterocycles. The fourth-order valence-electron chi connectivity index (χ4n) is 12.0. The molecule has 0 saturated carbocycles. The zero-order valence-corrected chi connectivity index (χ0v) is 59.0. The first-order chi connectivity index (χ1) is 41.5. The number of allylic oxidation sites excluding steroid dienone is 4. The second-order valence-corrected chi connectivity index (χ2v) is 29.2. The number of phosphoric ester groups is 1. The average Bonchev–Trinajstić information content (AvgIpc) is 3.49. The van der Waals surface area contributed by atoms with Crippen LogP contribution in [-0.2, 0) is 18.4 Å². The van der Waals surface area contributed by atoms with E-state index in [9.17, 15) is 19.4 Å². The Balaban J connectivity index is 3.94. The number of aliphatic hydroxyl groups excluding tert-OH is 1. The van der Waals surface area contributed by atoms with Crippen molar-refractivity contribution in [2.45, 2.75) is 418 Å². The number of likely N-dealkylation sites (N-methyl/N-ethyl adjacent to an activating group) is 1. The molecule has 8 nitrogen and oxygen atoms in total. The molecular weight excluding hydrogens is 1070 g/mol. The average molecular weight is 1220 g/mol. The number of unbranched alkanes of at least 4 members (excludes halogenated alkanes) is 55. The van der Waals surface area contributed by atoms with Gasteiger partial charge in [0.15, 0.2) is 0 Å². The van der Waals surface area contributed by atoms with Crippen LogP contribution in [0.15, 0.2) is 24.3 Å². The lowest BCUT2D eigenvalue weighted by atomic mass is 10.0. The summed E-state index contributed by atoms with van der Waals surface area (Å²) in [5.74, 6) is -0.134. The third-order valence-corrected chi connectivity index (χ3v) is 18.9. The van der Waals surface area contributed by atoms with E-state index >= 15 is 0 Å². The molecule has 0 aliphatic carbocycles. The monoisotopic (exact) mass is 1220 g/mol. The Labute approximate surface area is 532 Å². The molecule has 0 saturated heterocycles. The summed E-state index contributed by atoms with van der Waals surface area (Å²) >= 11 is 0. The molecule has 0 heterocycles. The number of hydrogen-bond acceptors (Lipinski definition) is 5. The molecule has 0 rings (SSSR count). The molecule has 0 radical (unpaired) electrons. The molecule has 3 unspecified atom stereocenters. The van der Waals surface area contributed by atoms with Crippen molar-refractivity contribution in [1.82, 2.24) is 5.32 Å². The molecule has 0 aromatic carbocycles. The van der Waals surface area contributed by atoms with E-state index < -0.39 is 20.0 Å². The Morgan fingerprint density at radius 2 is 0.671 bits per heavy atom. The van der Waals surface area contributed by atoms with Gasteiger partial charge in [-0.25, -0.2) is 4.57 Å². The number of carbonyl (C=O) groups excluding carboxylic acids is 1. The minimum absolute atomic E-state index is 0.0779. The Morgan fingerprint density at radius 1 is 0.400 bits per heavy atom. The van der Waals surface area contributed by atoms with Crippen LogP contribution >= 0.6 is 7.82 Å². The standard InChI is InChI=1S/C76H151N2O6P/c1-6-8-10-12-14-16-18-20-22-24-26-28-30-32-34-36-38-39-40-42-44-46-48-50-52-54-56-58-60-62-64-66-68-70-76(80)77-74(73-84-85(81,82)83-72-71-78(3,4)5)75(79)69-67-65-63-61-59-57-55-53-51-49-47-45-43-41-37-35-33-31-29-27-25-23-21-19-17-15-13-11-9-7-2/h18,20,24,26,74-75,79H,6-17,19,21-23,25,27-73H2,1-5H3,(H-,77,80,81,82)/p+1/b20-18-,26-24-. The third-order valence-electron chi connectivity index (χ3n) is 18.0. The summed E-state index contributed by atoms with van der Waals surface area (Å²) in [7, 11) is 1.64. The minimum Gasteiger partial charge on any atom is -0.391 e. The molecule has 85 heavy (non-hydrogen) atoms. The largest absolute Gasteiger partial charge is 0.472 e. The molecule has 0 fully saturated rings. The number of carbonyl (C=O) groups is 1. The number of nitrogens with one attached hydrogen (secondary N) is 1. The lowest BCUT2D eigenvalue weighted by Gasteiger charge is -2.26. The van der Waals surface area contributed by atoms with Gasteiger partial charge < -0.3 is 19.8 Å². The van der Waals surface area contributed by atoms with Gasteiger partial charge in [-0.3, -0.25) is 13.8 Å². The van der Waals surface area contributed by atoms with Gasteiger partial charge >= 0.3 is 7.82 Å². The van der Waals surface area contributed by atoms with E-state index in [2.05, 4.69) is 43.5 Å². The van der Waals surface area contributed by atoms with Gasteiger partial charge in [0.25, 0.3) is 0 Å². The van der Waals surface area contributed by atoms with Gasteiger partial charge in [-0.1, -0.05) is 378 Å². The summed E-state index contributed by atoms with van der Waals surface area (Å²) in [5, 5.41) is 14.2. The summed E-state index contributed by atoms with van der Waals surface area (Å²) < 4.78 is 23.9. The maximum absolute atomic E-state index is 13.1. The Kier molecular flexibility index (Phi) is 66.6. The van der Waals surface area contributed by atoms with Crippen molar-refractivity contribution in [3.8, 4) is 0 Å². The van der Waals surface area contributed by atoms with Crippen molar-refractivity contribution < 1.29 is 32.9 Å². The van der Waals surface area contributed by atoms with Crippen molar-refractivity contribution >= 4 is 13.7 Å². The van der Waals surface area contributed by atoms with E-state index in [1.807, 2.05) is 21.1 Å². The lowest BCUT2D eigenvalue weighted by molar-refractivity contribution is -0.870. The lowest BCUT2D eigenvalue weighted by Crippen LogP contribution is -2.46. The number of amides is 1. The van der Waals surface area contributed by atoms with Crippen molar-refractivity contribution in [2.24, 2.45) is 0 Å². The van der Waals surface area contributed by atoms with Crippen molar-refractivity contribution in [2.75, 3.05) is 40.9 Å². The van der Waals surface area contributed by atoms with Gasteiger partial charge in [0, 0.05) is 6.42 Å². The van der Waals surface area contributed by atoms with E-state index in [1.165, 1.54) is 334 Å². The minimum atomic E-state index is -4.33. The first-order valence-electron chi connectivity index (χ1n) is 38.2. The molecule has 1 amide bonds. The maximum atomic E-state index is 13.1.